The molecule has 0 aliphatic rings. The van der Waals surface area contributed by atoms with Crippen molar-refractivity contribution in [3.05, 3.63) is 29.8 Å². The van der Waals surface area contributed by atoms with Crippen molar-refractivity contribution in [2.45, 2.75) is 38.8 Å². The van der Waals surface area contributed by atoms with E-state index in [1.54, 1.807) is 7.11 Å². The number of methoxy groups -OCH3 is 1. The maximum absolute atomic E-state index is 5.71. The van der Waals surface area contributed by atoms with E-state index in [0.29, 0.717) is 6.61 Å². The van der Waals surface area contributed by atoms with Crippen molar-refractivity contribution < 1.29 is 9.47 Å². The lowest BCUT2D eigenvalue weighted by Crippen LogP contribution is -2.41. The van der Waals surface area contributed by atoms with Crippen LogP contribution in [0.1, 0.15) is 38.8 Å². The zero-order valence-electron chi connectivity index (χ0n) is 12.1. The molecule has 0 saturated carbocycles. The number of para-hydroxylation sites is 1. The summed E-state index contributed by atoms with van der Waals surface area (Å²) >= 11 is 0. The molecule has 0 bridgehead atoms. The molecule has 0 amide bonds. The standard InChI is InChI=1S/C15H25NO2/c1-6-15(3,17-5)14(16-4)12-10-8-9-11-13(12)18-7-2/h8-11,14,16H,6-7H2,1-5H3. The fraction of sp³-hybridized carbons (Fsp3) is 0.600. The van der Waals surface area contributed by atoms with Crippen LogP contribution in [0.5, 0.6) is 5.75 Å². The normalized spacial score (nSPS) is 16.1. The fourth-order valence-corrected chi connectivity index (χ4v) is 2.26. The summed E-state index contributed by atoms with van der Waals surface area (Å²) in [6.45, 7) is 6.93. The first-order chi connectivity index (χ1) is 8.62. The zero-order chi connectivity index (χ0) is 13.6. The summed E-state index contributed by atoms with van der Waals surface area (Å²) in [6, 6.07) is 8.24. The Balaban J connectivity index is 3.15. The molecule has 102 valence electrons. The minimum atomic E-state index is -0.248. The predicted molar refractivity (Wildman–Crippen MR) is 75.1 cm³/mol. The van der Waals surface area contributed by atoms with Crippen LogP contribution in [-0.4, -0.2) is 26.4 Å². The Bertz CT molecular complexity index is 361. The maximum atomic E-state index is 5.71. The van der Waals surface area contributed by atoms with Gasteiger partial charge in [-0.1, -0.05) is 25.1 Å². The molecule has 0 aromatic heterocycles. The van der Waals surface area contributed by atoms with E-state index >= 15 is 0 Å². The van der Waals surface area contributed by atoms with Crippen LogP contribution in [0.4, 0.5) is 0 Å². The van der Waals surface area contributed by atoms with Gasteiger partial charge in [-0.15, -0.1) is 0 Å². The number of ether oxygens (including phenoxy) is 2. The van der Waals surface area contributed by atoms with E-state index in [2.05, 4.69) is 25.2 Å². The smallest absolute Gasteiger partial charge is 0.124 e. The van der Waals surface area contributed by atoms with Crippen molar-refractivity contribution in [1.29, 1.82) is 0 Å². The van der Waals surface area contributed by atoms with Crippen molar-refractivity contribution in [1.82, 2.24) is 5.32 Å². The first kappa shape index (κ1) is 15.0. The van der Waals surface area contributed by atoms with Gasteiger partial charge in [0.25, 0.3) is 0 Å². The summed E-state index contributed by atoms with van der Waals surface area (Å²) in [5.41, 5.74) is 0.898. The molecule has 1 N–H and O–H groups in total. The van der Waals surface area contributed by atoms with E-state index in [1.165, 1.54) is 0 Å². The van der Waals surface area contributed by atoms with E-state index in [9.17, 15) is 0 Å². The topological polar surface area (TPSA) is 30.5 Å². The molecule has 3 heteroatoms. The van der Waals surface area contributed by atoms with Gasteiger partial charge < -0.3 is 14.8 Å². The lowest BCUT2D eigenvalue weighted by molar-refractivity contribution is -0.0286. The van der Waals surface area contributed by atoms with Crippen molar-refractivity contribution in [3.8, 4) is 5.75 Å². The number of rotatable bonds is 7. The summed E-state index contributed by atoms with van der Waals surface area (Å²) in [4.78, 5) is 0. The molecule has 1 rings (SSSR count). The minimum absolute atomic E-state index is 0.107. The van der Waals surface area contributed by atoms with Crippen LogP contribution in [0.3, 0.4) is 0 Å². The summed E-state index contributed by atoms with van der Waals surface area (Å²) in [5.74, 6) is 0.927. The second-order valence-corrected chi connectivity index (χ2v) is 4.56. The molecule has 1 aromatic carbocycles. The molecule has 2 atom stereocenters. The fourth-order valence-electron chi connectivity index (χ4n) is 2.26. The number of benzene rings is 1. The first-order valence-electron chi connectivity index (χ1n) is 6.57. The number of hydrogen-bond donors (Lipinski definition) is 1. The van der Waals surface area contributed by atoms with Crippen LogP contribution in [-0.2, 0) is 4.74 Å². The van der Waals surface area contributed by atoms with Gasteiger partial charge in [0, 0.05) is 12.7 Å². The van der Waals surface area contributed by atoms with E-state index in [0.717, 1.165) is 17.7 Å². The molecule has 0 radical (unpaired) electrons. The highest BCUT2D eigenvalue weighted by atomic mass is 16.5. The van der Waals surface area contributed by atoms with Crippen molar-refractivity contribution in [2.24, 2.45) is 0 Å². The Morgan fingerprint density at radius 3 is 2.44 bits per heavy atom. The molecule has 3 nitrogen and oxygen atoms in total. The third-order valence-electron chi connectivity index (χ3n) is 3.60. The monoisotopic (exact) mass is 251 g/mol. The maximum Gasteiger partial charge on any atom is 0.124 e. The Morgan fingerprint density at radius 2 is 1.94 bits per heavy atom. The average molecular weight is 251 g/mol. The van der Waals surface area contributed by atoms with Gasteiger partial charge in [-0.2, -0.15) is 0 Å². The molecule has 0 spiro atoms. The van der Waals surface area contributed by atoms with Gasteiger partial charge in [0.1, 0.15) is 5.75 Å². The third kappa shape index (κ3) is 3.03. The molecular weight excluding hydrogens is 226 g/mol. The van der Waals surface area contributed by atoms with Crippen LogP contribution < -0.4 is 10.1 Å². The van der Waals surface area contributed by atoms with Gasteiger partial charge in [-0.25, -0.2) is 0 Å². The molecule has 0 fully saturated rings. The Labute approximate surface area is 110 Å². The van der Waals surface area contributed by atoms with Gasteiger partial charge in [0.2, 0.25) is 0 Å². The minimum Gasteiger partial charge on any atom is -0.494 e. The third-order valence-corrected chi connectivity index (χ3v) is 3.60. The van der Waals surface area contributed by atoms with Crippen LogP contribution in [0, 0.1) is 0 Å². The number of hydrogen-bond acceptors (Lipinski definition) is 3. The Hall–Kier alpha value is -1.06. The number of nitrogens with one attached hydrogen (secondary N) is 1. The Kier molecular flexibility index (Phi) is 5.63. The molecule has 1 aromatic rings. The number of likely N-dealkylation sites (N-methyl/N-ethyl adjacent to an activating group) is 1. The SMILES string of the molecule is CCOc1ccccc1C(NC)C(C)(CC)OC. The highest BCUT2D eigenvalue weighted by molar-refractivity contribution is 5.37. The first-order valence-corrected chi connectivity index (χ1v) is 6.57. The second kappa shape index (κ2) is 6.76. The second-order valence-electron chi connectivity index (χ2n) is 4.56. The molecule has 18 heavy (non-hydrogen) atoms. The lowest BCUT2D eigenvalue weighted by atomic mass is 9.87. The van der Waals surface area contributed by atoms with E-state index < -0.39 is 0 Å². The molecule has 2 unspecified atom stereocenters. The highest BCUT2D eigenvalue weighted by Gasteiger charge is 2.34. The molecule has 0 aliphatic carbocycles. The zero-order valence-corrected chi connectivity index (χ0v) is 12.1. The van der Waals surface area contributed by atoms with Gasteiger partial charge in [0.15, 0.2) is 0 Å². The van der Waals surface area contributed by atoms with Crippen LogP contribution >= 0.6 is 0 Å². The Morgan fingerprint density at radius 1 is 1.28 bits per heavy atom. The van der Waals surface area contributed by atoms with Gasteiger partial charge in [-0.05, 0) is 33.4 Å². The van der Waals surface area contributed by atoms with Gasteiger partial charge in [-0.3, -0.25) is 0 Å². The van der Waals surface area contributed by atoms with Crippen molar-refractivity contribution in [2.75, 3.05) is 20.8 Å². The summed E-state index contributed by atoms with van der Waals surface area (Å²) in [7, 11) is 3.72. The predicted octanol–water partition coefficient (Wildman–Crippen LogP) is 3.16. The average Bonchev–Trinajstić information content (AvgIpc) is 2.41. The largest absolute Gasteiger partial charge is 0.494 e. The van der Waals surface area contributed by atoms with Gasteiger partial charge in [0.05, 0.1) is 18.2 Å². The van der Waals surface area contributed by atoms with Crippen molar-refractivity contribution in [3.63, 3.8) is 0 Å². The quantitative estimate of drug-likeness (QED) is 0.807. The molecular formula is C15H25NO2. The van der Waals surface area contributed by atoms with Crippen molar-refractivity contribution >= 4 is 0 Å². The molecule has 0 heterocycles. The summed E-state index contributed by atoms with van der Waals surface area (Å²) in [6.07, 6.45) is 0.926. The van der Waals surface area contributed by atoms with Crippen LogP contribution in [0.15, 0.2) is 24.3 Å². The molecule has 0 aliphatic heterocycles. The van der Waals surface area contributed by atoms with Crippen LogP contribution in [0.25, 0.3) is 0 Å². The van der Waals surface area contributed by atoms with Gasteiger partial charge >= 0.3 is 0 Å². The summed E-state index contributed by atoms with van der Waals surface area (Å²) < 4.78 is 11.4. The molecule has 0 saturated heterocycles. The van der Waals surface area contributed by atoms with E-state index in [4.69, 9.17) is 9.47 Å². The summed E-state index contributed by atoms with van der Waals surface area (Å²) in [5, 5.41) is 3.35. The van der Waals surface area contributed by atoms with E-state index in [-0.39, 0.29) is 11.6 Å². The van der Waals surface area contributed by atoms with Crippen LogP contribution in [0.2, 0.25) is 0 Å². The van der Waals surface area contributed by atoms with E-state index in [1.807, 2.05) is 32.2 Å². The highest BCUT2D eigenvalue weighted by Crippen LogP contribution is 2.36. The lowest BCUT2D eigenvalue weighted by Gasteiger charge is -2.36.